The Labute approximate surface area is 108 Å². The zero-order valence-corrected chi connectivity index (χ0v) is 11.1. The molecule has 5 nitrogen and oxygen atoms in total. The van der Waals surface area contributed by atoms with Gasteiger partial charge in [0, 0.05) is 25.1 Å². The molecule has 0 aromatic carbocycles. The number of aromatic nitrogens is 2. The van der Waals surface area contributed by atoms with E-state index in [0.29, 0.717) is 24.4 Å². The van der Waals surface area contributed by atoms with E-state index in [9.17, 15) is 0 Å². The van der Waals surface area contributed by atoms with Gasteiger partial charge in [-0.3, -0.25) is 4.98 Å². The highest BCUT2D eigenvalue weighted by Crippen LogP contribution is 2.14. The monoisotopic (exact) mass is 251 g/mol. The van der Waals surface area contributed by atoms with Crippen LogP contribution in [0.3, 0.4) is 0 Å². The molecule has 0 amide bonds. The van der Waals surface area contributed by atoms with Gasteiger partial charge in [0.1, 0.15) is 0 Å². The van der Waals surface area contributed by atoms with Crippen molar-refractivity contribution >= 4 is 0 Å². The Hall–Kier alpha value is -1.20. The number of nitrogens with zero attached hydrogens (tertiary/aromatic N) is 2. The fourth-order valence-corrected chi connectivity index (χ4v) is 1.74. The first-order valence-corrected chi connectivity index (χ1v) is 6.49. The van der Waals surface area contributed by atoms with Gasteiger partial charge in [0.05, 0.1) is 31.3 Å². The Morgan fingerprint density at radius 2 is 2.33 bits per heavy atom. The van der Waals surface area contributed by atoms with Gasteiger partial charge < -0.3 is 14.8 Å². The van der Waals surface area contributed by atoms with Gasteiger partial charge >= 0.3 is 0 Å². The highest BCUT2D eigenvalue weighted by Gasteiger charge is 2.16. The molecular weight excluding hydrogens is 230 g/mol. The topological polar surface area (TPSA) is 56.3 Å². The van der Waals surface area contributed by atoms with Gasteiger partial charge in [-0.05, 0) is 6.42 Å². The minimum absolute atomic E-state index is 0.449. The molecule has 2 rings (SSSR count). The molecule has 0 aliphatic carbocycles. The Bertz CT molecular complexity index is 348. The maximum absolute atomic E-state index is 5.60. The van der Waals surface area contributed by atoms with Crippen LogP contribution in [0.2, 0.25) is 0 Å². The predicted molar refractivity (Wildman–Crippen MR) is 68.4 cm³/mol. The minimum Gasteiger partial charge on any atom is -0.476 e. The van der Waals surface area contributed by atoms with Crippen LogP contribution in [0.1, 0.15) is 26.0 Å². The highest BCUT2D eigenvalue weighted by molar-refractivity contribution is 5.07. The predicted octanol–water partition coefficient (Wildman–Crippen LogP) is 1.39. The molecule has 1 aromatic rings. The first-order valence-electron chi connectivity index (χ1n) is 6.49. The van der Waals surface area contributed by atoms with E-state index < -0.39 is 0 Å². The molecule has 1 aliphatic rings. The third-order valence-electron chi connectivity index (χ3n) is 2.86. The summed E-state index contributed by atoms with van der Waals surface area (Å²) in [7, 11) is 0. The average molecular weight is 251 g/mol. The Balaban J connectivity index is 1.76. The SMILES string of the molecule is CC(C)NCc1cnc(OCC2CCOC2)cn1. The Kier molecular flexibility index (Phi) is 4.90. The number of nitrogens with one attached hydrogen (secondary N) is 1. The number of rotatable bonds is 6. The van der Waals surface area contributed by atoms with Crippen molar-refractivity contribution in [2.45, 2.75) is 32.9 Å². The molecule has 18 heavy (non-hydrogen) atoms. The Morgan fingerprint density at radius 3 is 2.94 bits per heavy atom. The van der Waals surface area contributed by atoms with Crippen LogP contribution in [-0.4, -0.2) is 35.8 Å². The van der Waals surface area contributed by atoms with Crippen molar-refractivity contribution in [2.24, 2.45) is 5.92 Å². The molecule has 1 fully saturated rings. The second kappa shape index (κ2) is 6.66. The van der Waals surface area contributed by atoms with Crippen molar-refractivity contribution in [1.82, 2.24) is 15.3 Å². The highest BCUT2D eigenvalue weighted by atomic mass is 16.5. The molecule has 0 saturated carbocycles. The van der Waals surface area contributed by atoms with Crippen molar-refractivity contribution in [3.05, 3.63) is 18.1 Å². The van der Waals surface area contributed by atoms with E-state index in [1.54, 1.807) is 12.4 Å². The normalized spacial score (nSPS) is 19.4. The average Bonchev–Trinajstić information content (AvgIpc) is 2.88. The van der Waals surface area contributed by atoms with Gasteiger partial charge in [-0.1, -0.05) is 13.8 Å². The Morgan fingerprint density at radius 1 is 1.44 bits per heavy atom. The van der Waals surface area contributed by atoms with Crippen molar-refractivity contribution in [2.75, 3.05) is 19.8 Å². The smallest absolute Gasteiger partial charge is 0.232 e. The molecule has 0 spiro atoms. The fraction of sp³-hybridized carbons (Fsp3) is 0.692. The van der Waals surface area contributed by atoms with Crippen LogP contribution < -0.4 is 10.1 Å². The maximum atomic E-state index is 5.60. The van der Waals surface area contributed by atoms with Gasteiger partial charge in [0.2, 0.25) is 5.88 Å². The van der Waals surface area contributed by atoms with Gasteiger partial charge in [-0.2, -0.15) is 0 Å². The summed E-state index contributed by atoms with van der Waals surface area (Å²) in [5.74, 6) is 1.09. The van der Waals surface area contributed by atoms with E-state index in [0.717, 1.165) is 31.9 Å². The second-order valence-electron chi connectivity index (χ2n) is 4.92. The first-order chi connectivity index (χ1) is 8.74. The number of hydrogen-bond acceptors (Lipinski definition) is 5. The number of hydrogen-bond donors (Lipinski definition) is 1. The van der Waals surface area contributed by atoms with E-state index in [-0.39, 0.29) is 0 Å². The van der Waals surface area contributed by atoms with Crippen molar-refractivity contribution in [3.8, 4) is 5.88 Å². The molecular formula is C13H21N3O2. The summed E-state index contributed by atoms with van der Waals surface area (Å²) in [5, 5.41) is 3.30. The molecule has 2 heterocycles. The largest absolute Gasteiger partial charge is 0.476 e. The first kappa shape index (κ1) is 13.2. The lowest BCUT2D eigenvalue weighted by Crippen LogP contribution is -2.22. The van der Waals surface area contributed by atoms with Crippen LogP contribution >= 0.6 is 0 Å². The van der Waals surface area contributed by atoms with Crippen molar-refractivity contribution in [1.29, 1.82) is 0 Å². The molecule has 1 saturated heterocycles. The quantitative estimate of drug-likeness (QED) is 0.828. The molecule has 1 aliphatic heterocycles. The second-order valence-corrected chi connectivity index (χ2v) is 4.92. The summed E-state index contributed by atoms with van der Waals surface area (Å²) in [6.07, 6.45) is 4.52. The zero-order chi connectivity index (χ0) is 12.8. The summed E-state index contributed by atoms with van der Waals surface area (Å²) in [5.41, 5.74) is 0.931. The summed E-state index contributed by atoms with van der Waals surface area (Å²) in [6.45, 7) is 7.26. The summed E-state index contributed by atoms with van der Waals surface area (Å²) in [6, 6.07) is 0.449. The zero-order valence-electron chi connectivity index (χ0n) is 11.1. The van der Waals surface area contributed by atoms with E-state index in [1.165, 1.54) is 0 Å². The minimum atomic E-state index is 0.449. The molecule has 1 unspecified atom stereocenters. The van der Waals surface area contributed by atoms with E-state index in [2.05, 4.69) is 29.1 Å². The summed E-state index contributed by atoms with van der Waals surface area (Å²) >= 11 is 0. The van der Waals surface area contributed by atoms with Crippen molar-refractivity contribution in [3.63, 3.8) is 0 Å². The lowest BCUT2D eigenvalue weighted by atomic mass is 10.1. The molecule has 100 valence electrons. The molecule has 5 heteroatoms. The summed E-state index contributed by atoms with van der Waals surface area (Å²) in [4.78, 5) is 8.57. The van der Waals surface area contributed by atoms with Crippen LogP contribution in [0.25, 0.3) is 0 Å². The number of ether oxygens (including phenoxy) is 2. The lowest BCUT2D eigenvalue weighted by Gasteiger charge is -2.10. The molecule has 0 radical (unpaired) electrons. The molecule has 1 atom stereocenters. The van der Waals surface area contributed by atoms with E-state index in [1.807, 2.05) is 0 Å². The molecule has 1 N–H and O–H groups in total. The van der Waals surface area contributed by atoms with Crippen LogP contribution in [0.4, 0.5) is 0 Å². The summed E-state index contributed by atoms with van der Waals surface area (Å²) < 4.78 is 10.9. The van der Waals surface area contributed by atoms with E-state index >= 15 is 0 Å². The van der Waals surface area contributed by atoms with Crippen LogP contribution in [0.5, 0.6) is 5.88 Å². The van der Waals surface area contributed by atoms with E-state index in [4.69, 9.17) is 9.47 Å². The van der Waals surface area contributed by atoms with Gasteiger partial charge in [-0.15, -0.1) is 0 Å². The standard InChI is InChI=1S/C13H21N3O2/c1-10(2)14-5-12-6-16-13(7-15-12)18-9-11-3-4-17-8-11/h6-7,10-11,14H,3-5,8-9H2,1-2H3. The third kappa shape index (κ3) is 4.23. The fourth-order valence-electron chi connectivity index (χ4n) is 1.74. The van der Waals surface area contributed by atoms with Gasteiger partial charge in [-0.25, -0.2) is 4.98 Å². The molecule has 0 bridgehead atoms. The lowest BCUT2D eigenvalue weighted by molar-refractivity contribution is 0.165. The van der Waals surface area contributed by atoms with Crippen LogP contribution in [0.15, 0.2) is 12.4 Å². The third-order valence-corrected chi connectivity index (χ3v) is 2.86. The van der Waals surface area contributed by atoms with Crippen molar-refractivity contribution < 1.29 is 9.47 Å². The van der Waals surface area contributed by atoms with Gasteiger partial charge in [0.15, 0.2) is 0 Å². The van der Waals surface area contributed by atoms with Gasteiger partial charge in [0.25, 0.3) is 0 Å². The van der Waals surface area contributed by atoms with Crippen LogP contribution in [0, 0.1) is 5.92 Å². The maximum Gasteiger partial charge on any atom is 0.232 e. The molecule has 1 aromatic heterocycles. The van der Waals surface area contributed by atoms with Crippen LogP contribution in [-0.2, 0) is 11.3 Å².